The molecule has 2 aliphatic rings. The summed E-state index contributed by atoms with van der Waals surface area (Å²) < 4.78 is 5.42. The van der Waals surface area contributed by atoms with E-state index in [0.717, 1.165) is 15.3 Å². The number of ketones is 1. The number of aliphatic hydroxyl groups excluding tert-OH is 1. The molecule has 0 bridgehead atoms. The van der Waals surface area contributed by atoms with E-state index < -0.39 is 0 Å². The van der Waals surface area contributed by atoms with Crippen LogP contribution in [0.5, 0.6) is 0 Å². The molecule has 3 nitrogen and oxygen atoms in total. The molecular weight excluding hydrogens is 284 g/mol. The lowest BCUT2D eigenvalue weighted by Gasteiger charge is -2.24. The van der Waals surface area contributed by atoms with E-state index in [9.17, 15) is 9.90 Å². The van der Waals surface area contributed by atoms with Crippen molar-refractivity contribution in [1.82, 2.24) is 0 Å². The van der Waals surface area contributed by atoms with Crippen molar-refractivity contribution >= 4 is 22.7 Å². The number of hydrogen-bond donors (Lipinski definition) is 1. The number of thiophene rings is 1. The summed E-state index contributed by atoms with van der Waals surface area (Å²) in [7, 11) is 0. The molecule has 0 spiro atoms. The number of rotatable bonds is 1. The van der Waals surface area contributed by atoms with Gasteiger partial charge in [0.1, 0.15) is 17.3 Å². The average Bonchev–Trinajstić information content (AvgIpc) is 2.67. The summed E-state index contributed by atoms with van der Waals surface area (Å²) in [5.74, 6) is 1.42. The van der Waals surface area contributed by atoms with Crippen LogP contribution in [0.3, 0.4) is 0 Å². The molecule has 0 unspecified atom stereocenters. The summed E-state index contributed by atoms with van der Waals surface area (Å²) >= 11 is 1.63. The first-order chi connectivity index (χ1) is 9.88. The fourth-order valence-electron chi connectivity index (χ4n) is 2.74. The average molecular weight is 300 g/mol. The molecule has 21 heavy (non-hydrogen) atoms. The maximum Gasteiger partial charge on any atom is 0.201 e. The molecular formula is C17H16O3S. The van der Waals surface area contributed by atoms with E-state index in [1.54, 1.807) is 23.5 Å². The second-order valence-electron chi connectivity index (χ2n) is 5.32. The van der Waals surface area contributed by atoms with Crippen molar-refractivity contribution in [3.8, 4) is 0 Å². The summed E-state index contributed by atoms with van der Waals surface area (Å²) in [5, 5.41) is 10.4. The van der Waals surface area contributed by atoms with Crippen molar-refractivity contribution in [3.63, 3.8) is 0 Å². The monoisotopic (exact) mass is 300 g/mol. The molecule has 0 atom stereocenters. The van der Waals surface area contributed by atoms with Crippen LogP contribution in [0, 0.1) is 13.8 Å². The maximum absolute atomic E-state index is 12.5. The van der Waals surface area contributed by atoms with E-state index in [4.69, 9.17) is 4.74 Å². The third kappa shape index (κ3) is 2.16. The molecule has 0 aromatic carbocycles. The topological polar surface area (TPSA) is 46.5 Å². The highest BCUT2D eigenvalue weighted by molar-refractivity contribution is 7.12. The van der Waals surface area contributed by atoms with Crippen molar-refractivity contribution in [2.45, 2.75) is 27.7 Å². The fourth-order valence-corrected chi connectivity index (χ4v) is 3.67. The second-order valence-corrected chi connectivity index (χ2v) is 6.78. The number of aryl methyl sites for hydroxylation is 2. The Labute approximate surface area is 127 Å². The third-order valence-electron chi connectivity index (χ3n) is 3.57. The number of carbonyl (C=O) groups excluding carboxylic acids is 1. The molecule has 1 N–H and O–H groups in total. The van der Waals surface area contributed by atoms with Crippen LogP contribution < -0.4 is 0 Å². The molecule has 1 aromatic rings. The highest BCUT2D eigenvalue weighted by Crippen LogP contribution is 2.42. The van der Waals surface area contributed by atoms with E-state index in [2.05, 4.69) is 0 Å². The van der Waals surface area contributed by atoms with Gasteiger partial charge in [-0.2, -0.15) is 0 Å². The molecule has 0 radical (unpaired) electrons. The van der Waals surface area contributed by atoms with Gasteiger partial charge in [0.2, 0.25) is 5.78 Å². The van der Waals surface area contributed by atoms with Gasteiger partial charge in [-0.1, -0.05) is 0 Å². The minimum Gasteiger partial charge on any atom is -0.506 e. The van der Waals surface area contributed by atoms with Gasteiger partial charge < -0.3 is 9.84 Å². The van der Waals surface area contributed by atoms with E-state index in [-0.39, 0.29) is 11.5 Å². The zero-order valence-electron chi connectivity index (χ0n) is 12.4. The number of ether oxygens (including phenoxy) is 1. The van der Waals surface area contributed by atoms with Gasteiger partial charge >= 0.3 is 0 Å². The molecule has 0 fully saturated rings. The number of allylic oxidation sites excluding steroid dienone is 7. The highest BCUT2D eigenvalue weighted by atomic mass is 32.1. The van der Waals surface area contributed by atoms with Gasteiger partial charge in [0, 0.05) is 15.3 Å². The Kier molecular flexibility index (Phi) is 3.14. The quantitative estimate of drug-likeness (QED) is 0.784. The van der Waals surface area contributed by atoms with E-state index in [1.165, 1.54) is 0 Å². The lowest BCUT2D eigenvalue weighted by molar-refractivity contribution is -0.111. The van der Waals surface area contributed by atoms with Crippen molar-refractivity contribution in [2.75, 3.05) is 0 Å². The molecule has 4 heteroatoms. The van der Waals surface area contributed by atoms with Crippen LogP contribution in [0.1, 0.15) is 29.2 Å². The number of carbonyl (C=O) groups is 1. The Morgan fingerprint density at radius 2 is 1.67 bits per heavy atom. The van der Waals surface area contributed by atoms with E-state index >= 15 is 0 Å². The Hall–Kier alpha value is -2.07. The van der Waals surface area contributed by atoms with Gasteiger partial charge in [-0.15, -0.1) is 11.3 Å². The first kappa shape index (κ1) is 13.9. The molecule has 3 rings (SSSR count). The summed E-state index contributed by atoms with van der Waals surface area (Å²) in [6.07, 6.45) is 3.55. The molecule has 2 heterocycles. The molecule has 1 aliphatic heterocycles. The largest absolute Gasteiger partial charge is 0.506 e. The summed E-state index contributed by atoms with van der Waals surface area (Å²) in [5.41, 5.74) is 2.38. The predicted molar refractivity (Wildman–Crippen MR) is 84.0 cm³/mol. The summed E-state index contributed by atoms with van der Waals surface area (Å²) in [6, 6.07) is 1.96. The van der Waals surface area contributed by atoms with Crippen molar-refractivity contribution in [1.29, 1.82) is 0 Å². The molecule has 0 saturated heterocycles. The second kappa shape index (κ2) is 4.74. The molecule has 108 valence electrons. The Morgan fingerprint density at radius 1 is 1.05 bits per heavy atom. The number of aliphatic hydroxyl groups is 1. The molecule has 1 aromatic heterocycles. The number of hydrogen-bond acceptors (Lipinski definition) is 4. The zero-order valence-corrected chi connectivity index (χ0v) is 13.2. The normalized spacial score (nSPS) is 18.4. The SMILES string of the molecule is CC1=CC(=C2C(=O)C(c3cc(C)sc3C)=C2O)C=C(C)O1. The van der Waals surface area contributed by atoms with Crippen LogP contribution in [-0.2, 0) is 9.53 Å². The van der Waals surface area contributed by atoms with Crippen LogP contribution in [0.4, 0.5) is 0 Å². The first-order valence-corrected chi connectivity index (χ1v) is 7.54. The van der Waals surface area contributed by atoms with Crippen LogP contribution in [0.25, 0.3) is 5.57 Å². The van der Waals surface area contributed by atoms with Gasteiger partial charge in [-0.3, -0.25) is 4.79 Å². The molecule has 1 aliphatic carbocycles. The smallest absolute Gasteiger partial charge is 0.201 e. The van der Waals surface area contributed by atoms with Crippen LogP contribution in [0.2, 0.25) is 0 Å². The van der Waals surface area contributed by atoms with Crippen LogP contribution >= 0.6 is 11.3 Å². The summed E-state index contributed by atoms with van der Waals surface area (Å²) in [6.45, 7) is 7.62. The van der Waals surface area contributed by atoms with Gasteiger partial charge in [-0.25, -0.2) is 0 Å². The predicted octanol–water partition coefficient (Wildman–Crippen LogP) is 4.35. The highest BCUT2D eigenvalue weighted by Gasteiger charge is 2.38. The van der Waals surface area contributed by atoms with Crippen molar-refractivity contribution in [3.05, 3.63) is 62.0 Å². The van der Waals surface area contributed by atoms with Crippen LogP contribution in [-0.4, -0.2) is 10.9 Å². The van der Waals surface area contributed by atoms with E-state index in [1.807, 2.05) is 33.8 Å². The van der Waals surface area contributed by atoms with Gasteiger partial charge in [0.15, 0.2) is 0 Å². The lowest BCUT2D eigenvalue weighted by Crippen LogP contribution is -2.23. The maximum atomic E-state index is 12.5. The Balaban J connectivity index is 2.13. The minimum absolute atomic E-state index is 0.0888. The lowest BCUT2D eigenvalue weighted by atomic mass is 9.80. The Bertz CT molecular complexity index is 765. The first-order valence-electron chi connectivity index (χ1n) is 6.73. The molecule has 0 saturated carbocycles. The van der Waals surface area contributed by atoms with E-state index in [0.29, 0.717) is 28.2 Å². The minimum atomic E-state index is -0.0987. The van der Waals surface area contributed by atoms with Gasteiger partial charge in [0.05, 0.1) is 11.1 Å². The zero-order chi connectivity index (χ0) is 15.3. The third-order valence-corrected chi connectivity index (χ3v) is 4.53. The summed E-state index contributed by atoms with van der Waals surface area (Å²) in [4.78, 5) is 14.7. The van der Waals surface area contributed by atoms with Gasteiger partial charge in [-0.05, 0) is 51.5 Å². The molecule has 0 amide bonds. The van der Waals surface area contributed by atoms with Crippen molar-refractivity contribution < 1.29 is 14.6 Å². The number of Topliss-reactive ketones (excluding diaryl/α,β-unsaturated/α-hetero) is 1. The Morgan fingerprint density at radius 3 is 2.14 bits per heavy atom. The standard InChI is InChI=1S/C17H16O3S/c1-8-5-12(6-9(2)20-8)14-16(18)15(17(14)19)13-7-10(3)21-11(13)4/h5-7,18H,1-4H3. The fraction of sp³-hybridized carbons (Fsp3) is 0.235. The van der Waals surface area contributed by atoms with Crippen LogP contribution in [0.15, 0.2) is 46.6 Å². The van der Waals surface area contributed by atoms with Crippen molar-refractivity contribution in [2.24, 2.45) is 0 Å². The van der Waals surface area contributed by atoms with Gasteiger partial charge in [0.25, 0.3) is 0 Å².